The fourth-order valence-electron chi connectivity index (χ4n) is 2.66. The zero-order valence-corrected chi connectivity index (χ0v) is 9.76. The number of aliphatic hydroxyl groups is 1. The van der Waals surface area contributed by atoms with Crippen LogP contribution >= 0.6 is 0 Å². The predicted octanol–water partition coefficient (Wildman–Crippen LogP) is 2.01. The third kappa shape index (κ3) is 1.91. The van der Waals surface area contributed by atoms with Crippen LogP contribution in [0.3, 0.4) is 0 Å². The quantitative estimate of drug-likeness (QED) is 0.783. The minimum atomic E-state index is -0.718. The Morgan fingerprint density at radius 3 is 2.81 bits per heavy atom. The summed E-state index contributed by atoms with van der Waals surface area (Å²) in [5.41, 5.74) is 0.302. The van der Waals surface area contributed by atoms with Crippen LogP contribution in [0.2, 0.25) is 0 Å². The molecule has 0 saturated carbocycles. The molecule has 1 aliphatic rings. The van der Waals surface area contributed by atoms with Gasteiger partial charge in [0.15, 0.2) is 0 Å². The molecule has 0 aliphatic carbocycles. The van der Waals surface area contributed by atoms with E-state index in [2.05, 4.69) is 18.5 Å². The molecule has 0 spiro atoms. The second-order valence-corrected chi connectivity index (χ2v) is 4.71. The zero-order chi connectivity index (χ0) is 11.6. The Morgan fingerprint density at radius 2 is 2.19 bits per heavy atom. The Hall–Kier alpha value is -1.12. The Morgan fingerprint density at radius 1 is 1.50 bits per heavy atom. The molecule has 2 rings (SSSR count). The highest BCUT2D eigenvalue weighted by Crippen LogP contribution is 2.38. The van der Waals surface area contributed by atoms with Crippen LogP contribution < -0.4 is 0 Å². The van der Waals surface area contributed by atoms with Crippen molar-refractivity contribution in [2.45, 2.75) is 12.0 Å². The maximum Gasteiger partial charge on any atom is 0.107 e. The molecular formula is C14H19NO. The molecule has 2 atom stereocenters. The molecule has 0 bridgehead atoms. The number of hydrogen-bond donors (Lipinski definition) is 1. The van der Waals surface area contributed by atoms with E-state index in [4.69, 9.17) is 0 Å². The third-order valence-electron chi connectivity index (χ3n) is 3.44. The van der Waals surface area contributed by atoms with Crippen LogP contribution in [0.25, 0.3) is 0 Å². The van der Waals surface area contributed by atoms with E-state index in [0.29, 0.717) is 6.54 Å². The van der Waals surface area contributed by atoms with Gasteiger partial charge in [0.2, 0.25) is 0 Å². The fraction of sp³-hybridized carbons (Fsp3) is 0.429. The van der Waals surface area contributed by atoms with Crippen molar-refractivity contribution >= 4 is 0 Å². The molecule has 1 heterocycles. The number of nitrogens with zero attached hydrogens (tertiary/aromatic N) is 1. The van der Waals surface area contributed by atoms with Gasteiger partial charge in [-0.05, 0) is 19.0 Å². The van der Waals surface area contributed by atoms with Gasteiger partial charge in [-0.1, -0.05) is 36.4 Å². The number of hydrogen-bond acceptors (Lipinski definition) is 2. The summed E-state index contributed by atoms with van der Waals surface area (Å²) in [6, 6.07) is 9.96. The summed E-state index contributed by atoms with van der Waals surface area (Å²) in [4.78, 5) is 2.18. The average Bonchev–Trinajstić information content (AvgIpc) is 2.57. The summed E-state index contributed by atoms with van der Waals surface area (Å²) in [7, 11) is 2.05. The molecule has 1 N–H and O–H groups in total. The maximum absolute atomic E-state index is 10.8. The van der Waals surface area contributed by atoms with Crippen molar-refractivity contribution in [1.29, 1.82) is 0 Å². The minimum absolute atomic E-state index is 0.248. The van der Waals surface area contributed by atoms with E-state index in [0.717, 1.165) is 18.5 Å². The molecule has 0 unspecified atom stereocenters. The first-order valence-electron chi connectivity index (χ1n) is 5.74. The van der Waals surface area contributed by atoms with E-state index in [1.807, 2.05) is 36.4 Å². The van der Waals surface area contributed by atoms with Crippen molar-refractivity contribution in [3.8, 4) is 0 Å². The van der Waals surface area contributed by atoms with Crippen molar-refractivity contribution in [3.63, 3.8) is 0 Å². The summed E-state index contributed by atoms with van der Waals surface area (Å²) in [6.45, 7) is 5.41. The number of likely N-dealkylation sites (N-methyl/N-ethyl adjacent to an activating group) is 1. The van der Waals surface area contributed by atoms with Crippen LogP contribution in [0.1, 0.15) is 12.0 Å². The van der Waals surface area contributed by atoms with Crippen LogP contribution in [-0.4, -0.2) is 30.1 Å². The van der Waals surface area contributed by atoms with Gasteiger partial charge < -0.3 is 10.0 Å². The second kappa shape index (κ2) is 4.40. The van der Waals surface area contributed by atoms with Gasteiger partial charge in [0.25, 0.3) is 0 Å². The Kier molecular flexibility index (Phi) is 3.13. The van der Waals surface area contributed by atoms with Gasteiger partial charge in [0.05, 0.1) is 0 Å². The Bertz CT molecular complexity index is 362. The fourth-order valence-corrected chi connectivity index (χ4v) is 2.66. The Balaban J connectivity index is 2.31. The Labute approximate surface area is 97.2 Å². The average molecular weight is 217 g/mol. The van der Waals surface area contributed by atoms with Gasteiger partial charge in [0, 0.05) is 19.0 Å². The largest absolute Gasteiger partial charge is 0.383 e. The van der Waals surface area contributed by atoms with Gasteiger partial charge >= 0.3 is 0 Å². The predicted molar refractivity (Wildman–Crippen MR) is 66.1 cm³/mol. The first-order valence-corrected chi connectivity index (χ1v) is 5.74. The SMILES string of the molecule is C=CC[C@@H]1CN(C)C[C@]1(O)c1ccccc1. The molecule has 1 aromatic rings. The third-order valence-corrected chi connectivity index (χ3v) is 3.44. The summed E-state index contributed by atoms with van der Waals surface area (Å²) in [5.74, 6) is 0.248. The van der Waals surface area contributed by atoms with Crippen molar-refractivity contribution in [1.82, 2.24) is 4.90 Å². The highest BCUT2D eigenvalue weighted by Gasteiger charge is 2.44. The lowest BCUT2D eigenvalue weighted by Gasteiger charge is -2.29. The molecule has 16 heavy (non-hydrogen) atoms. The molecule has 0 aromatic heterocycles. The highest BCUT2D eigenvalue weighted by molar-refractivity contribution is 5.25. The van der Waals surface area contributed by atoms with Crippen LogP contribution in [0, 0.1) is 5.92 Å². The molecule has 0 radical (unpaired) electrons. The van der Waals surface area contributed by atoms with Crippen molar-refractivity contribution in [2.24, 2.45) is 5.92 Å². The molecule has 0 amide bonds. The van der Waals surface area contributed by atoms with E-state index in [1.165, 1.54) is 0 Å². The topological polar surface area (TPSA) is 23.5 Å². The normalized spacial score (nSPS) is 30.5. The molecule has 1 aliphatic heterocycles. The summed E-state index contributed by atoms with van der Waals surface area (Å²) >= 11 is 0. The van der Waals surface area contributed by atoms with E-state index >= 15 is 0 Å². The van der Waals surface area contributed by atoms with E-state index < -0.39 is 5.60 Å². The minimum Gasteiger partial charge on any atom is -0.383 e. The van der Waals surface area contributed by atoms with Crippen LogP contribution in [0.15, 0.2) is 43.0 Å². The number of rotatable bonds is 3. The van der Waals surface area contributed by atoms with Gasteiger partial charge in [-0.25, -0.2) is 0 Å². The monoisotopic (exact) mass is 217 g/mol. The summed E-state index contributed by atoms with van der Waals surface area (Å²) in [6.07, 6.45) is 2.76. The second-order valence-electron chi connectivity index (χ2n) is 4.71. The molecule has 2 heteroatoms. The van der Waals surface area contributed by atoms with Crippen LogP contribution in [0.4, 0.5) is 0 Å². The molecular weight excluding hydrogens is 198 g/mol. The maximum atomic E-state index is 10.8. The molecule has 86 valence electrons. The molecule has 1 fully saturated rings. The van der Waals surface area contributed by atoms with E-state index in [9.17, 15) is 5.11 Å². The summed E-state index contributed by atoms with van der Waals surface area (Å²) < 4.78 is 0. The standard InChI is InChI=1S/C14H19NO/c1-3-7-13-10-15(2)11-14(13,16)12-8-5-4-6-9-12/h3-6,8-9,13,16H,1,7,10-11H2,2H3/t13-,14+/m1/s1. The number of β-amino-alcohol motifs (C(OH)–C–C–N with tert-alkyl or cyclic N) is 1. The van der Waals surface area contributed by atoms with Crippen molar-refractivity contribution in [2.75, 3.05) is 20.1 Å². The van der Waals surface area contributed by atoms with Gasteiger partial charge in [-0.15, -0.1) is 6.58 Å². The number of benzene rings is 1. The lowest BCUT2D eigenvalue weighted by Crippen LogP contribution is -2.34. The first kappa shape index (κ1) is 11.4. The first-order chi connectivity index (χ1) is 7.66. The van der Waals surface area contributed by atoms with Crippen LogP contribution in [0.5, 0.6) is 0 Å². The van der Waals surface area contributed by atoms with Gasteiger partial charge in [0.1, 0.15) is 5.60 Å². The van der Waals surface area contributed by atoms with Crippen LogP contribution in [-0.2, 0) is 5.60 Å². The molecule has 1 aromatic carbocycles. The highest BCUT2D eigenvalue weighted by atomic mass is 16.3. The van der Waals surface area contributed by atoms with Gasteiger partial charge in [-0.2, -0.15) is 0 Å². The van der Waals surface area contributed by atoms with Gasteiger partial charge in [-0.3, -0.25) is 0 Å². The molecule has 1 saturated heterocycles. The number of likely N-dealkylation sites (tertiary alicyclic amines) is 1. The smallest absolute Gasteiger partial charge is 0.107 e. The van der Waals surface area contributed by atoms with E-state index in [1.54, 1.807) is 0 Å². The lowest BCUT2D eigenvalue weighted by atomic mass is 9.82. The zero-order valence-electron chi connectivity index (χ0n) is 9.76. The summed E-state index contributed by atoms with van der Waals surface area (Å²) in [5, 5.41) is 10.8. The van der Waals surface area contributed by atoms with Crippen molar-refractivity contribution in [3.05, 3.63) is 48.6 Å². The van der Waals surface area contributed by atoms with E-state index in [-0.39, 0.29) is 5.92 Å². The van der Waals surface area contributed by atoms with Crippen molar-refractivity contribution < 1.29 is 5.11 Å². The lowest BCUT2D eigenvalue weighted by molar-refractivity contribution is 0.00935. The molecule has 2 nitrogen and oxygen atoms in total. The number of allylic oxidation sites excluding steroid dienone is 1.